The molecule has 106 valence electrons. The second-order valence-corrected chi connectivity index (χ2v) is 4.96. The van der Waals surface area contributed by atoms with Crippen LogP contribution < -0.4 is 10.6 Å². The van der Waals surface area contributed by atoms with E-state index in [-0.39, 0.29) is 0 Å². The summed E-state index contributed by atoms with van der Waals surface area (Å²) in [6, 6.07) is 9.70. The molecule has 20 heavy (non-hydrogen) atoms. The molecule has 0 amide bonds. The molecule has 0 aliphatic rings. The Bertz CT molecular complexity index is 572. The molecule has 0 saturated carbocycles. The average Bonchev–Trinajstić information content (AvgIpc) is 2.44. The highest BCUT2D eigenvalue weighted by Gasteiger charge is 2.03. The van der Waals surface area contributed by atoms with Crippen molar-refractivity contribution in [2.45, 2.75) is 26.8 Å². The molecular weight excluding hydrogens is 272 g/mol. The van der Waals surface area contributed by atoms with Gasteiger partial charge in [-0.05, 0) is 25.0 Å². The van der Waals surface area contributed by atoms with Gasteiger partial charge in [-0.1, -0.05) is 36.7 Å². The van der Waals surface area contributed by atoms with Crippen LogP contribution in [0.4, 0.5) is 11.6 Å². The van der Waals surface area contributed by atoms with Crippen molar-refractivity contribution in [3.05, 3.63) is 46.7 Å². The quantitative estimate of drug-likeness (QED) is 0.848. The molecule has 4 nitrogen and oxygen atoms in total. The van der Waals surface area contributed by atoms with Gasteiger partial charge in [-0.25, -0.2) is 9.97 Å². The van der Waals surface area contributed by atoms with Crippen molar-refractivity contribution >= 4 is 23.2 Å². The minimum Gasteiger partial charge on any atom is -0.370 e. The van der Waals surface area contributed by atoms with Crippen LogP contribution in [0.3, 0.4) is 0 Å². The number of nitrogens with one attached hydrogen (secondary N) is 2. The predicted octanol–water partition coefficient (Wildman–Crippen LogP) is 3.87. The highest BCUT2D eigenvalue weighted by atomic mass is 35.5. The zero-order valence-corrected chi connectivity index (χ0v) is 12.5. The van der Waals surface area contributed by atoms with Gasteiger partial charge in [0, 0.05) is 24.2 Å². The molecule has 1 aromatic carbocycles. The predicted molar refractivity (Wildman–Crippen MR) is 84.3 cm³/mol. The maximum atomic E-state index is 6.14. The third-order valence-electron chi connectivity index (χ3n) is 2.81. The molecule has 2 aromatic rings. The molecule has 2 N–H and O–H groups in total. The van der Waals surface area contributed by atoms with Gasteiger partial charge in [0.15, 0.2) is 0 Å². The fourth-order valence-corrected chi connectivity index (χ4v) is 2.03. The van der Waals surface area contributed by atoms with Crippen LogP contribution in [0.2, 0.25) is 5.02 Å². The highest BCUT2D eigenvalue weighted by Crippen LogP contribution is 2.17. The molecule has 1 heterocycles. The minimum absolute atomic E-state index is 0.642. The van der Waals surface area contributed by atoms with Crippen molar-refractivity contribution < 1.29 is 0 Å². The number of aromatic nitrogens is 2. The van der Waals surface area contributed by atoms with Crippen LogP contribution in [0.15, 0.2) is 30.3 Å². The number of benzene rings is 1. The Morgan fingerprint density at radius 2 is 1.80 bits per heavy atom. The van der Waals surface area contributed by atoms with Gasteiger partial charge in [-0.2, -0.15) is 0 Å². The smallest absolute Gasteiger partial charge is 0.132 e. The molecule has 0 radical (unpaired) electrons. The summed E-state index contributed by atoms with van der Waals surface area (Å²) < 4.78 is 0. The molecule has 0 saturated heterocycles. The Morgan fingerprint density at radius 3 is 2.50 bits per heavy atom. The van der Waals surface area contributed by atoms with E-state index in [2.05, 4.69) is 27.5 Å². The molecule has 0 unspecified atom stereocenters. The van der Waals surface area contributed by atoms with E-state index in [1.807, 2.05) is 37.3 Å². The Hall–Kier alpha value is -1.81. The zero-order chi connectivity index (χ0) is 14.4. The maximum Gasteiger partial charge on any atom is 0.132 e. The Morgan fingerprint density at radius 1 is 1.10 bits per heavy atom. The summed E-state index contributed by atoms with van der Waals surface area (Å²) in [6.07, 6.45) is 1.06. The Kier molecular flexibility index (Phi) is 5.18. The largest absolute Gasteiger partial charge is 0.370 e. The lowest BCUT2D eigenvalue weighted by Crippen LogP contribution is -2.07. The summed E-state index contributed by atoms with van der Waals surface area (Å²) >= 11 is 6.14. The van der Waals surface area contributed by atoms with Crippen LogP contribution in [0.1, 0.15) is 24.7 Å². The number of halogens is 1. The molecule has 0 atom stereocenters. The number of rotatable bonds is 6. The van der Waals surface area contributed by atoms with Gasteiger partial charge in [0.2, 0.25) is 0 Å². The lowest BCUT2D eigenvalue weighted by Gasteiger charge is -2.10. The second kappa shape index (κ2) is 7.10. The summed E-state index contributed by atoms with van der Waals surface area (Å²) in [5.74, 6) is 2.39. The van der Waals surface area contributed by atoms with Crippen LogP contribution in [-0.2, 0) is 6.54 Å². The van der Waals surface area contributed by atoms with Crippen molar-refractivity contribution in [2.75, 3.05) is 17.2 Å². The number of anilines is 2. The average molecular weight is 291 g/mol. The first-order valence-corrected chi connectivity index (χ1v) is 7.13. The van der Waals surface area contributed by atoms with E-state index in [1.54, 1.807) is 0 Å². The summed E-state index contributed by atoms with van der Waals surface area (Å²) in [4.78, 5) is 8.74. The van der Waals surface area contributed by atoms with E-state index < -0.39 is 0 Å². The number of nitrogens with zero attached hydrogens (tertiary/aromatic N) is 2. The number of aryl methyl sites for hydroxylation is 1. The van der Waals surface area contributed by atoms with Crippen molar-refractivity contribution in [3.8, 4) is 0 Å². The molecule has 0 fully saturated rings. The Labute approximate surface area is 124 Å². The highest BCUT2D eigenvalue weighted by molar-refractivity contribution is 6.31. The molecule has 5 heteroatoms. The standard InChI is InChI=1S/C15H19ClN4/c1-3-8-17-14-9-15(20-11(2)19-14)18-10-12-6-4-5-7-13(12)16/h4-7,9H,3,8,10H2,1-2H3,(H2,17,18,19,20). The zero-order valence-electron chi connectivity index (χ0n) is 11.8. The molecular formula is C15H19ClN4. The van der Waals surface area contributed by atoms with Crippen LogP contribution in [-0.4, -0.2) is 16.5 Å². The maximum absolute atomic E-state index is 6.14. The van der Waals surface area contributed by atoms with Gasteiger partial charge in [-0.3, -0.25) is 0 Å². The summed E-state index contributed by atoms with van der Waals surface area (Å²) in [7, 11) is 0. The van der Waals surface area contributed by atoms with Crippen molar-refractivity contribution in [2.24, 2.45) is 0 Å². The molecule has 0 aliphatic heterocycles. The third kappa shape index (κ3) is 4.10. The van der Waals surface area contributed by atoms with E-state index in [1.165, 1.54) is 0 Å². The molecule has 0 aliphatic carbocycles. The van der Waals surface area contributed by atoms with E-state index in [9.17, 15) is 0 Å². The summed E-state index contributed by atoms with van der Waals surface area (Å²) in [5.41, 5.74) is 1.05. The fraction of sp³-hybridized carbons (Fsp3) is 0.333. The lowest BCUT2D eigenvalue weighted by atomic mass is 10.2. The van der Waals surface area contributed by atoms with Crippen LogP contribution in [0.25, 0.3) is 0 Å². The Balaban J connectivity index is 2.05. The van der Waals surface area contributed by atoms with Crippen molar-refractivity contribution in [1.29, 1.82) is 0 Å². The first-order chi connectivity index (χ1) is 9.69. The van der Waals surface area contributed by atoms with Gasteiger partial charge in [0.1, 0.15) is 17.5 Å². The van der Waals surface area contributed by atoms with Crippen LogP contribution in [0, 0.1) is 6.92 Å². The first kappa shape index (κ1) is 14.6. The molecule has 1 aromatic heterocycles. The normalized spacial score (nSPS) is 10.3. The van der Waals surface area contributed by atoms with Gasteiger partial charge < -0.3 is 10.6 Å². The van der Waals surface area contributed by atoms with Crippen LogP contribution in [0.5, 0.6) is 0 Å². The molecule has 0 spiro atoms. The van der Waals surface area contributed by atoms with Crippen LogP contribution >= 0.6 is 11.6 Å². The number of hydrogen-bond donors (Lipinski definition) is 2. The summed E-state index contributed by atoms with van der Waals surface area (Å²) in [5, 5.41) is 7.31. The fourth-order valence-electron chi connectivity index (χ4n) is 1.83. The lowest BCUT2D eigenvalue weighted by molar-refractivity contribution is 0.951. The van der Waals surface area contributed by atoms with E-state index >= 15 is 0 Å². The van der Waals surface area contributed by atoms with Gasteiger partial charge in [0.05, 0.1) is 0 Å². The van der Waals surface area contributed by atoms with Crippen molar-refractivity contribution in [1.82, 2.24) is 9.97 Å². The molecule has 2 rings (SSSR count). The van der Waals surface area contributed by atoms with E-state index in [0.717, 1.165) is 41.0 Å². The summed E-state index contributed by atoms with van der Waals surface area (Å²) in [6.45, 7) is 5.55. The van der Waals surface area contributed by atoms with E-state index in [0.29, 0.717) is 6.54 Å². The van der Waals surface area contributed by atoms with Gasteiger partial charge in [-0.15, -0.1) is 0 Å². The van der Waals surface area contributed by atoms with Crippen molar-refractivity contribution in [3.63, 3.8) is 0 Å². The van der Waals surface area contributed by atoms with E-state index in [4.69, 9.17) is 11.6 Å². The monoisotopic (exact) mass is 290 g/mol. The first-order valence-electron chi connectivity index (χ1n) is 6.76. The van der Waals surface area contributed by atoms with Gasteiger partial charge in [0.25, 0.3) is 0 Å². The topological polar surface area (TPSA) is 49.8 Å². The van der Waals surface area contributed by atoms with Gasteiger partial charge >= 0.3 is 0 Å². The third-order valence-corrected chi connectivity index (χ3v) is 3.18. The second-order valence-electron chi connectivity index (χ2n) is 4.56. The minimum atomic E-state index is 0.642. The number of hydrogen-bond acceptors (Lipinski definition) is 4. The SMILES string of the molecule is CCCNc1cc(NCc2ccccc2Cl)nc(C)n1. The molecule has 0 bridgehead atoms.